The Morgan fingerprint density at radius 3 is 2.66 bits per heavy atom. The highest BCUT2D eigenvalue weighted by Crippen LogP contribution is 2.27. The maximum Gasteiger partial charge on any atom is 0.282 e. The number of hydrogen-bond donors (Lipinski definition) is 0. The van der Waals surface area contributed by atoms with Crippen LogP contribution in [0.5, 0.6) is 5.75 Å². The lowest BCUT2D eigenvalue weighted by atomic mass is 10.1. The number of nitriles is 1. The predicted molar refractivity (Wildman–Crippen MR) is 146 cm³/mol. The Labute approximate surface area is 217 Å². The van der Waals surface area contributed by atoms with E-state index in [0.717, 1.165) is 16.5 Å². The molecule has 4 aromatic carbocycles. The zero-order valence-electron chi connectivity index (χ0n) is 20.1. The summed E-state index contributed by atoms with van der Waals surface area (Å²) in [4.78, 5) is 18.2. The number of furan rings is 1. The van der Waals surface area contributed by atoms with E-state index in [1.165, 1.54) is 4.68 Å². The molecule has 0 saturated carbocycles. The molecule has 0 saturated heterocycles. The van der Waals surface area contributed by atoms with Crippen molar-refractivity contribution >= 4 is 28.1 Å². The van der Waals surface area contributed by atoms with Crippen LogP contribution in [-0.4, -0.2) is 15.9 Å². The highest BCUT2D eigenvalue weighted by Gasteiger charge is 2.16. The fourth-order valence-corrected chi connectivity index (χ4v) is 4.21. The van der Waals surface area contributed by atoms with Gasteiger partial charge in [-0.1, -0.05) is 60.7 Å². The van der Waals surface area contributed by atoms with E-state index in [2.05, 4.69) is 11.2 Å². The van der Waals surface area contributed by atoms with E-state index in [4.69, 9.17) is 14.1 Å². The van der Waals surface area contributed by atoms with E-state index in [9.17, 15) is 10.1 Å². The molecule has 7 heteroatoms. The average molecular weight is 497 g/mol. The Bertz CT molecular complexity index is 1900. The zero-order valence-corrected chi connectivity index (χ0v) is 20.1. The van der Waals surface area contributed by atoms with Crippen LogP contribution in [0, 0.1) is 11.3 Å². The van der Waals surface area contributed by atoms with Crippen molar-refractivity contribution in [3.05, 3.63) is 130 Å². The number of benzene rings is 4. The molecule has 0 atom stereocenters. The summed E-state index contributed by atoms with van der Waals surface area (Å²) in [5, 5.41) is 15.2. The largest absolute Gasteiger partial charge is 0.489 e. The molecule has 0 amide bonds. The minimum atomic E-state index is -0.303. The minimum Gasteiger partial charge on any atom is -0.489 e. The number of rotatable bonds is 6. The molecule has 38 heavy (non-hydrogen) atoms. The van der Waals surface area contributed by atoms with Gasteiger partial charge in [0.15, 0.2) is 5.76 Å². The van der Waals surface area contributed by atoms with Gasteiger partial charge in [0.05, 0.1) is 28.8 Å². The smallest absolute Gasteiger partial charge is 0.282 e. The lowest BCUT2D eigenvalue weighted by Crippen LogP contribution is -2.20. The van der Waals surface area contributed by atoms with Gasteiger partial charge in [-0.2, -0.15) is 15.0 Å². The molecule has 0 aliphatic heterocycles. The highest BCUT2D eigenvalue weighted by atomic mass is 16.5. The predicted octanol–water partition coefficient (Wildman–Crippen LogP) is 6.14. The molecule has 0 aliphatic carbocycles. The third-order valence-corrected chi connectivity index (χ3v) is 6.11. The maximum atomic E-state index is 13.5. The second kappa shape index (κ2) is 9.88. The number of nitrogens with zero attached hydrogens (tertiary/aromatic N) is 4. The van der Waals surface area contributed by atoms with Gasteiger partial charge in [0.25, 0.3) is 5.56 Å². The van der Waals surface area contributed by atoms with Gasteiger partial charge in [-0.15, -0.1) is 0 Å². The topological polar surface area (TPSA) is 93.4 Å². The van der Waals surface area contributed by atoms with E-state index < -0.39 is 0 Å². The summed E-state index contributed by atoms with van der Waals surface area (Å²) in [6, 6.07) is 33.5. The lowest BCUT2D eigenvalue weighted by molar-refractivity contribution is 0.306. The van der Waals surface area contributed by atoms with Crippen molar-refractivity contribution in [3.63, 3.8) is 0 Å². The highest BCUT2D eigenvalue weighted by molar-refractivity contribution is 5.85. The molecular formula is C31H20N4O3. The number of aromatic nitrogens is 2. The van der Waals surface area contributed by atoms with Gasteiger partial charge in [-0.25, -0.2) is 4.98 Å². The van der Waals surface area contributed by atoms with Crippen molar-refractivity contribution in [2.45, 2.75) is 6.61 Å². The molecule has 7 nitrogen and oxygen atoms in total. The van der Waals surface area contributed by atoms with E-state index in [0.29, 0.717) is 39.4 Å². The molecule has 182 valence electrons. The first kappa shape index (κ1) is 23.0. The molecule has 0 radical (unpaired) electrons. The lowest BCUT2D eigenvalue weighted by Gasteiger charge is -2.09. The van der Waals surface area contributed by atoms with Gasteiger partial charge < -0.3 is 9.15 Å². The summed E-state index contributed by atoms with van der Waals surface area (Å²) in [6.07, 6.45) is 1.58. The molecule has 0 fully saturated rings. The van der Waals surface area contributed by atoms with E-state index in [1.807, 2.05) is 78.9 Å². The molecule has 2 aromatic heterocycles. The van der Waals surface area contributed by atoms with Crippen molar-refractivity contribution in [2.75, 3.05) is 0 Å². The van der Waals surface area contributed by atoms with Crippen LogP contribution < -0.4 is 10.3 Å². The van der Waals surface area contributed by atoms with Crippen molar-refractivity contribution in [3.8, 4) is 23.4 Å². The Morgan fingerprint density at radius 1 is 0.947 bits per heavy atom. The van der Waals surface area contributed by atoms with Crippen LogP contribution in [0.2, 0.25) is 0 Å². The van der Waals surface area contributed by atoms with Crippen molar-refractivity contribution < 1.29 is 9.15 Å². The Kier molecular flexibility index (Phi) is 5.97. The van der Waals surface area contributed by atoms with E-state index >= 15 is 0 Å². The van der Waals surface area contributed by atoms with Crippen molar-refractivity contribution in [1.82, 2.24) is 9.66 Å². The molecule has 0 spiro atoms. The van der Waals surface area contributed by atoms with Gasteiger partial charge in [-0.05, 0) is 48.0 Å². The Morgan fingerprint density at radius 2 is 1.76 bits per heavy atom. The number of fused-ring (bicyclic) bond motifs is 2. The molecule has 0 aliphatic rings. The maximum absolute atomic E-state index is 13.5. The first-order valence-corrected chi connectivity index (χ1v) is 12.0. The summed E-state index contributed by atoms with van der Waals surface area (Å²) >= 11 is 0. The molecule has 0 bridgehead atoms. The number of para-hydroxylation sites is 2. The van der Waals surface area contributed by atoms with Crippen molar-refractivity contribution in [2.24, 2.45) is 5.10 Å². The Hall–Kier alpha value is -5.48. The van der Waals surface area contributed by atoms with Gasteiger partial charge in [0.2, 0.25) is 5.82 Å². The van der Waals surface area contributed by atoms with Crippen LogP contribution in [0.25, 0.3) is 33.5 Å². The average Bonchev–Trinajstić information content (AvgIpc) is 3.40. The van der Waals surface area contributed by atoms with Crippen LogP contribution in [0.4, 0.5) is 0 Å². The summed E-state index contributed by atoms with van der Waals surface area (Å²) < 4.78 is 13.2. The fourth-order valence-electron chi connectivity index (χ4n) is 4.21. The normalized spacial score (nSPS) is 11.2. The monoisotopic (exact) mass is 496 g/mol. The van der Waals surface area contributed by atoms with E-state index in [1.54, 1.807) is 30.5 Å². The van der Waals surface area contributed by atoms with Crippen LogP contribution in [0.1, 0.15) is 16.7 Å². The molecule has 6 rings (SSSR count). The summed E-state index contributed by atoms with van der Waals surface area (Å²) in [5.74, 6) is 1.37. The summed E-state index contributed by atoms with van der Waals surface area (Å²) in [5.41, 5.74) is 3.06. The quantitative estimate of drug-likeness (QED) is 0.258. The molecular weight excluding hydrogens is 476 g/mol. The first-order chi connectivity index (χ1) is 18.7. The summed E-state index contributed by atoms with van der Waals surface area (Å²) in [7, 11) is 0. The fraction of sp³-hybridized carbons (Fsp3) is 0.0323. The molecule has 6 aromatic rings. The second-order valence-electron chi connectivity index (χ2n) is 8.59. The SMILES string of the molecule is N#Cc1ccccc1COc1cccc(C=Nn2c(-c3cc4ccccc4o3)nc3ccccc3c2=O)c1. The third-order valence-electron chi connectivity index (χ3n) is 6.11. The number of hydrogen-bond acceptors (Lipinski definition) is 6. The van der Waals surface area contributed by atoms with Crippen LogP contribution >= 0.6 is 0 Å². The van der Waals surface area contributed by atoms with Gasteiger partial charge in [-0.3, -0.25) is 4.79 Å². The van der Waals surface area contributed by atoms with E-state index in [-0.39, 0.29) is 12.2 Å². The van der Waals surface area contributed by atoms with Gasteiger partial charge in [0, 0.05) is 10.9 Å². The van der Waals surface area contributed by atoms with Crippen LogP contribution in [0.3, 0.4) is 0 Å². The van der Waals surface area contributed by atoms with Gasteiger partial charge in [0.1, 0.15) is 17.9 Å². The molecule has 0 N–H and O–H groups in total. The van der Waals surface area contributed by atoms with Crippen LogP contribution in [-0.2, 0) is 6.61 Å². The summed E-state index contributed by atoms with van der Waals surface area (Å²) in [6.45, 7) is 0.259. The third kappa shape index (κ3) is 4.43. The minimum absolute atomic E-state index is 0.259. The van der Waals surface area contributed by atoms with Crippen molar-refractivity contribution in [1.29, 1.82) is 5.26 Å². The van der Waals surface area contributed by atoms with Gasteiger partial charge >= 0.3 is 0 Å². The number of ether oxygens (including phenoxy) is 1. The standard InChI is InChI=1S/C31H20N4O3/c32-18-23-10-1-2-11-24(23)20-37-25-12-7-8-21(16-25)19-33-35-30(29-17-22-9-3-6-15-28(22)38-29)34-27-14-5-4-13-26(27)31(35)36/h1-17,19H,20H2. The second-order valence-corrected chi connectivity index (χ2v) is 8.59. The molecule has 2 heterocycles. The van der Waals surface area contributed by atoms with Crippen LogP contribution in [0.15, 0.2) is 117 Å². The zero-order chi connectivity index (χ0) is 25.9. The first-order valence-electron chi connectivity index (χ1n) is 12.0. The Balaban J connectivity index is 1.36. The molecule has 0 unspecified atom stereocenters.